The Bertz CT molecular complexity index is 1280. The van der Waals surface area contributed by atoms with E-state index in [1.165, 1.54) is 23.4 Å². The first kappa shape index (κ1) is 22.0. The summed E-state index contributed by atoms with van der Waals surface area (Å²) in [5.74, 6) is 0.665. The number of hydrogen-bond acceptors (Lipinski definition) is 6. The minimum Gasteiger partial charge on any atom is -0.347 e. The molecule has 0 aliphatic carbocycles. The zero-order valence-electron chi connectivity index (χ0n) is 17.7. The van der Waals surface area contributed by atoms with Gasteiger partial charge in [0.25, 0.3) is 11.5 Å². The molecule has 2 aromatic carbocycles. The lowest BCUT2D eigenvalue weighted by molar-refractivity contribution is 0.0945. The van der Waals surface area contributed by atoms with E-state index in [1.54, 1.807) is 11.3 Å². The largest absolute Gasteiger partial charge is 0.347 e. The second-order valence-corrected chi connectivity index (χ2v) is 9.02. The third kappa shape index (κ3) is 5.33. The van der Waals surface area contributed by atoms with E-state index < -0.39 is 0 Å². The van der Waals surface area contributed by atoms with Crippen LogP contribution in [0.15, 0.2) is 64.8 Å². The van der Waals surface area contributed by atoms with Crippen LogP contribution < -0.4 is 10.9 Å². The van der Waals surface area contributed by atoms with Crippen molar-refractivity contribution in [2.24, 2.45) is 0 Å². The molecule has 0 bridgehead atoms. The van der Waals surface area contributed by atoms with Gasteiger partial charge in [0.2, 0.25) is 0 Å². The number of thioether (sulfide) groups is 1. The highest BCUT2D eigenvalue weighted by molar-refractivity contribution is 7.97. The van der Waals surface area contributed by atoms with Gasteiger partial charge in [-0.15, -0.1) is 11.3 Å². The van der Waals surface area contributed by atoms with Crippen molar-refractivity contribution >= 4 is 29.0 Å². The number of amides is 1. The second-order valence-electron chi connectivity index (χ2n) is 7.29. The van der Waals surface area contributed by atoms with Crippen molar-refractivity contribution in [2.75, 3.05) is 6.26 Å². The molecule has 0 saturated carbocycles. The maximum atomic E-state index is 12.4. The fourth-order valence-electron chi connectivity index (χ4n) is 3.13. The number of carbonyl (C=O) groups excluding carboxylic acids is 1. The number of hydrogen-bond donors (Lipinski definition) is 2. The van der Waals surface area contributed by atoms with E-state index in [0.29, 0.717) is 18.1 Å². The molecule has 0 aliphatic rings. The summed E-state index contributed by atoms with van der Waals surface area (Å²) in [4.78, 5) is 35.8. The molecule has 2 N–H and O–H groups in total. The molecular weight excluding hydrogens is 440 g/mol. The Morgan fingerprint density at radius 1 is 1.06 bits per heavy atom. The summed E-state index contributed by atoms with van der Waals surface area (Å²) >= 11 is 3.13. The summed E-state index contributed by atoms with van der Waals surface area (Å²) in [5.41, 5.74) is 5.07. The molecule has 0 radical (unpaired) electrons. The molecular formula is C24H22N4O2S2. The summed E-state index contributed by atoms with van der Waals surface area (Å²) in [6.07, 6.45) is 1.91. The van der Waals surface area contributed by atoms with Gasteiger partial charge in [0.15, 0.2) is 0 Å². The van der Waals surface area contributed by atoms with E-state index >= 15 is 0 Å². The van der Waals surface area contributed by atoms with Gasteiger partial charge in [0.1, 0.15) is 16.5 Å². The van der Waals surface area contributed by atoms with Crippen LogP contribution in [0.3, 0.4) is 0 Å². The lowest BCUT2D eigenvalue weighted by Crippen LogP contribution is -2.26. The van der Waals surface area contributed by atoms with E-state index in [-0.39, 0.29) is 17.2 Å². The molecule has 2 heterocycles. The lowest BCUT2D eigenvalue weighted by Gasteiger charge is -2.07. The van der Waals surface area contributed by atoms with Crippen LogP contribution in [0, 0.1) is 6.92 Å². The first-order chi connectivity index (χ1) is 15.5. The van der Waals surface area contributed by atoms with Crippen LogP contribution in [0.4, 0.5) is 0 Å². The summed E-state index contributed by atoms with van der Waals surface area (Å²) in [6.45, 7) is 2.41. The monoisotopic (exact) mass is 462 g/mol. The van der Waals surface area contributed by atoms with Gasteiger partial charge in [-0.1, -0.05) is 54.1 Å². The van der Waals surface area contributed by atoms with Crippen molar-refractivity contribution < 1.29 is 4.79 Å². The van der Waals surface area contributed by atoms with Crippen molar-refractivity contribution in [3.8, 4) is 21.8 Å². The fourth-order valence-corrected chi connectivity index (χ4v) is 4.38. The van der Waals surface area contributed by atoms with Gasteiger partial charge < -0.3 is 10.3 Å². The Labute approximate surface area is 194 Å². The van der Waals surface area contributed by atoms with Gasteiger partial charge in [0, 0.05) is 29.1 Å². The van der Waals surface area contributed by atoms with Crippen molar-refractivity contribution in [1.82, 2.24) is 20.3 Å². The number of aryl methyl sites for hydroxylation is 1. The van der Waals surface area contributed by atoms with Crippen molar-refractivity contribution in [1.29, 1.82) is 0 Å². The number of rotatable bonds is 7. The Hall–Kier alpha value is -3.23. The van der Waals surface area contributed by atoms with Crippen LogP contribution in [-0.2, 0) is 12.3 Å². The van der Waals surface area contributed by atoms with E-state index in [9.17, 15) is 9.59 Å². The molecule has 0 saturated heterocycles. The Morgan fingerprint density at radius 2 is 1.78 bits per heavy atom. The van der Waals surface area contributed by atoms with Crippen LogP contribution in [0.1, 0.15) is 27.4 Å². The molecule has 0 spiro atoms. The maximum absolute atomic E-state index is 12.4. The highest BCUT2D eigenvalue weighted by atomic mass is 32.2. The number of aromatic amines is 1. The van der Waals surface area contributed by atoms with E-state index in [1.807, 2.05) is 30.5 Å². The molecule has 0 atom stereocenters. The van der Waals surface area contributed by atoms with Crippen LogP contribution in [-0.4, -0.2) is 27.1 Å². The third-order valence-corrected chi connectivity index (χ3v) is 6.26. The molecule has 1 amide bonds. The predicted molar refractivity (Wildman–Crippen MR) is 131 cm³/mol. The fraction of sp³-hybridized carbons (Fsp3) is 0.167. The zero-order valence-corrected chi connectivity index (χ0v) is 19.3. The van der Waals surface area contributed by atoms with Crippen molar-refractivity contribution in [3.63, 3.8) is 0 Å². The SMILES string of the molecule is CSCc1nc(C(=O)NCc2ccc(-c3nc(-c4ccc(C)cc4)cs3)cc2)cc(=O)[nH]1. The molecule has 0 aliphatic heterocycles. The first-order valence-electron chi connectivity index (χ1n) is 10.0. The Kier molecular flexibility index (Phi) is 6.82. The Balaban J connectivity index is 1.41. The van der Waals surface area contributed by atoms with E-state index in [4.69, 9.17) is 4.98 Å². The second kappa shape index (κ2) is 9.93. The quantitative estimate of drug-likeness (QED) is 0.417. The summed E-state index contributed by atoms with van der Waals surface area (Å²) in [5, 5.41) is 5.84. The molecule has 6 nitrogen and oxygen atoms in total. The average Bonchev–Trinajstić information content (AvgIpc) is 3.28. The summed E-state index contributed by atoms with van der Waals surface area (Å²) < 4.78 is 0. The molecule has 2 aromatic heterocycles. The normalized spacial score (nSPS) is 10.8. The van der Waals surface area contributed by atoms with Gasteiger partial charge in [-0.3, -0.25) is 9.59 Å². The zero-order chi connectivity index (χ0) is 22.5. The predicted octanol–water partition coefficient (Wildman–Crippen LogP) is 4.66. The Morgan fingerprint density at radius 3 is 2.50 bits per heavy atom. The minimum atomic E-state index is -0.370. The molecule has 0 fully saturated rings. The van der Waals surface area contributed by atoms with Gasteiger partial charge in [-0.05, 0) is 18.7 Å². The van der Waals surface area contributed by atoms with Crippen LogP contribution in [0.2, 0.25) is 0 Å². The number of H-pyrrole nitrogens is 1. The van der Waals surface area contributed by atoms with Crippen LogP contribution in [0.25, 0.3) is 21.8 Å². The highest BCUT2D eigenvalue weighted by Crippen LogP contribution is 2.29. The molecule has 4 rings (SSSR count). The number of benzene rings is 2. The van der Waals surface area contributed by atoms with E-state index in [0.717, 1.165) is 27.4 Å². The summed E-state index contributed by atoms with van der Waals surface area (Å²) in [6, 6.07) is 17.5. The first-order valence-corrected chi connectivity index (χ1v) is 12.3. The smallest absolute Gasteiger partial charge is 0.270 e. The number of nitrogens with zero attached hydrogens (tertiary/aromatic N) is 2. The van der Waals surface area contributed by atoms with Gasteiger partial charge in [-0.25, -0.2) is 9.97 Å². The minimum absolute atomic E-state index is 0.126. The topological polar surface area (TPSA) is 87.7 Å². The lowest BCUT2D eigenvalue weighted by atomic mass is 10.1. The number of thiazole rings is 1. The summed E-state index contributed by atoms with van der Waals surface area (Å²) in [7, 11) is 0. The molecule has 162 valence electrons. The average molecular weight is 463 g/mol. The van der Waals surface area contributed by atoms with Gasteiger partial charge in [-0.2, -0.15) is 11.8 Å². The van der Waals surface area contributed by atoms with Crippen LogP contribution >= 0.6 is 23.1 Å². The molecule has 8 heteroatoms. The number of nitrogens with one attached hydrogen (secondary N) is 2. The molecule has 32 heavy (non-hydrogen) atoms. The molecule has 4 aromatic rings. The standard InChI is InChI=1S/C24H22N4O2S2/c1-15-3-7-17(8-4-15)20-13-32-24(27-20)18-9-5-16(6-10-18)12-25-23(30)19-11-22(29)28-21(26-19)14-31-2/h3-11,13H,12,14H2,1-2H3,(H,25,30)(H,26,28,29). The van der Waals surface area contributed by atoms with Crippen LogP contribution in [0.5, 0.6) is 0 Å². The maximum Gasteiger partial charge on any atom is 0.270 e. The van der Waals surface area contributed by atoms with Crippen molar-refractivity contribution in [2.45, 2.75) is 19.2 Å². The number of carbonyl (C=O) groups is 1. The third-order valence-electron chi connectivity index (χ3n) is 4.81. The highest BCUT2D eigenvalue weighted by Gasteiger charge is 2.11. The van der Waals surface area contributed by atoms with Gasteiger partial charge >= 0.3 is 0 Å². The molecule has 0 unspecified atom stereocenters. The van der Waals surface area contributed by atoms with Crippen molar-refractivity contribution in [3.05, 3.63) is 93.0 Å². The van der Waals surface area contributed by atoms with Gasteiger partial charge in [0.05, 0.1) is 11.4 Å². The van der Waals surface area contributed by atoms with E-state index in [2.05, 4.69) is 51.9 Å². The number of aromatic nitrogens is 3.